The van der Waals surface area contributed by atoms with Crippen LogP contribution in [0.15, 0.2) is 12.7 Å². The molecule has 2 unspecified atom stereocenters. The Balaban J connectivity index is 3.98. The van der Waals surface area contributed by atoms with Crippen LogP contribution in [0.1, 0.15) is 13.3 Å². The minimum absolute atomic E-state index is 0.0600. The van der Waals surface area contributed by atoms with Crippen LogP contribution in [0, 0.1) is 5.92 Å². The van der Waals surface area contributed by atoms with Gasteiger partial charge in [-0.3, -0.25) is 4.52 Å². The zero-order valence-electron chi connectivity index (χ0n) is 10.2. The first-order valence-corrected chi connectivity index (χ1v) is 8.11. The molecule has 0 rings (SSSR count). The van der Waals surface area contributed by atoms with Crippen molar-refractivity contribution in [2.24, 2.45) is 5.92 Å². The predicted octanol–water partition coefficient (Wildman–Crippen LogP) is 0.968. The summed E-state index contributed by atoms with van der Waals surface area (Å²) in [5, 5.41) is 0. The summed E-state index contributed by atoms with van der Waals surface area (Å²) in [6, 6.07) is 0. The molecule has 0 saturated heterocycles. The van der Waals surface area contributed by atoms with Gasteiger partial charge in [-0.05, 0) is 12.3 Å². The lowest BCUT2D eigenvalue weighted by Crippen LogP contribution is -2.10. The molecule has 0 fully saturated rings. The molecule has 2 atom stereocenters. The highest BCUT2D eigenvalue weighted by atomic mass is 31.3. The van der Waals surface area contributed by atoms with Crippen LogP contribution in [0.5, 0.6) is 0 Å². The Bertz CT molecular complexity index is 401. The Morgan fingerprint density at radius 3 is 2.42 bits per heavy atom. The van der Waals surface area contributed by atoms with Crippen molar-refractivity contribution in [1.82, 2.24) is 0 Å². The van der Waals surface area contributed by atoms with E-state index in [4.69, 9.17) is 14.7 Å². The van der Waals surface area contributed by atoms with Crippen molar-refractivity contribution < 1.29 is 42.2 Å². The fraction of sp³-hybridized carbons (Fsp3) is 0.625. The highest BCUT2D eigenvalue weighted by molar-refractivity contribution is 7.60. The third kappa shape index (κ3) is 11.0. The summed E-state index contributed by atoms with van der Waals surface area (Å²) in [5.74, 6) is -0.885. The maximum absolute atomic E-state index is 11.1. The van der Waals surface area contributed by atoms with Crippen molar-refractivity contribution >= 4 is 21.6 Å². The summed E-state index contributed by atoms with van der Waals surface area (Å²) in [6.07, 6.45) is 1.33. The first kappa shape index (κ1) is 18.5. The summed E-state index contributed by atoms with van der Waals surface area (Å²) in [6.45, 7) is 4.59. The second-order valence-electron chi connectivity index (χ2n) is 3.60. The zero-order valence-corrected chi connectivity index (χ0v) is 12.0. The second-order valence-corrected chi connectivity index (χ2v) is 6.43. The number of phosphoric acid groups is 2. The lowest BCUT2D eigenvalue weighted by molar-refractivity contribution is -0.138. The summed E-state index contributed by atoms with van der Waals surface area (Å²) in [4.78, 5) is 36.4. The molecule has 9 nitrogen and oxygen atoms in total. The molecule has 0 aliphatic carbocycles. The fourth-order valence-corrected chi connectivity index (χ4v) is 2.59. The van der Waals surface area contributed by atoms with E-state index >= 15 is 0 Å². The van der Waals surface area contributed by atoms with Gasteiger partial charge in [-0.2, -0.15) is 4.31 Å². The van der Waals surface area contributed by atoms with Gasteiger partial charge in [0.15, 0.2) is 0 Å². The van der Waals surface area contributed by atoms with Crippen molar-refractivity contribution in [3.05, 3.63) is 12.7 Å². The van der Waals surface area contributed by atoms with Crippen molar-refractivity contribution in [2.75, 3.05) is 13.2 Å². The third-order valence-corrected chi connectivity index (χ3v) is 3.91. The van der Waals surface area contributed by atoms with E-state index < -0.39 is 21.6 Å². The Kier molecular flexibility index (Phi) is 7.69. The molecule has 0 bridgehead atoms. The number of carbonyl (C=O) groups is 1. The number of rotatable bonds is 9. The van der Waals surface area contributed by atoms with Crippen LogP contribution in [-0.4, -0.2) is 33.9 Å². The van der Waals surface area contributed by atoms with Gasteiger partial charge in [0.2, 0.25) is 0 Å². The summed E-state index contributed by atoms with van der Waals surface area (Å²) < 4.78 is 34.1. The molecule has 11 heteroatoms. The van der Waals surface area contributed by atoms with Crippen LogP contribution < -0.4 is 0 Å². The quantitative estimate of drug-likeness (QED) is 0.322. The van der Waals surface area contributed by atoms with Gasteiger partial charge in [0.1, 0.15) is 0 Å². The molecular weight excluding hydrogens is 302 g/mol. The molecule has 0 aromatic heterocycles. The molecule has 0 aromatic rings. The van der Waals surface area contributed by atoms with E-state index in [1.165, 1.54) is 0 Å². The second kappa shape index (κ2) is 7.91. The van der Waals surface area contributed by atoms with E-state index in [1.807, 2.05) is 0 Å². The molecule has 0 aliphatic heterocycles. The molecule has 0 aliphatic rings. The van der Waals surface area contributed by atoms with Gasteiger partial charge in [0, 0.05) is 6.08 Å². The van der Waals surface area contributed by atoms with E-state index in [1.54, 1.807) is 6.92 Å². The third-order valence-electron chi connectivity index (χ3n) is 1.75. The van der Waals surface area contributed by atoms with E-state index in [-0.39, 0.29) is 19.1 Å². The number of hydrogen-bond acceptors (Lipinski definition) is 6. The molecule has 0 aromatic carbocycles. The normalized spacial score (nSPS) is 16.4. The highest BCUT2D eigenvalue weighted by Gasteiger charge is 2.32. The van der Waals surface area contributed by atoms with E-state index in [0.29, 0.717) is 6.42 Å². The van der Waals surface area contributed by atoms with Gasteiger partial charge < -0.3 is 19.4 Å². The van der Waals surface area contributed by atoms with Gasteiger partial charge >= 0.3 is 21.6 Å². The number of carbonyl (C=O) groups excluding carboxylic acids is 1. The molecule has 19 heavy (non-hydrogen) atoms. The SMILES string of the molecule is C=CC(=O)OCCC(C)COP(=O)(O)OP(=O)(O)O. The number of phosphoric ester groups is 1. The highest BCUT2D eigenvalue weighted by Crippen LogP contribution is 2.57. The summed E-state index contributed by atoms with van der Waals surface area (Å²) in [5.41, 5.74) is 0. The van der Waals surface area contributed by atoms with Gasteiger partial charge in [0.05, 0.1) is 13.2 Å². The van der Waals surface area contributed by atoms with Gasteiger partial charge in [0.25, 0.3) is 0 Å². The lowest BCUT2D eigenvalue weighted by Gasteiger charge is -2.15. The van der Waals surface area contributed by atoms with E-state index in [2.05, 4.69) is 20.2 Å². The van der Waals surface area contributed by atoms with Crippen LogP contribution >= 0.6 is 15.6 Å². The maximum atomic E-state index is 11.1. The predicted molar refractivity (Wildman–Crippen MR) is 63.8 cm³/mol. The molecule has 0 radical (unpaired) electrons. The average Bonchev–Trinajstić information content (AvgIpc) is 2.23. The van der Waals surface area contributed by atoms with Crippen LogP contribution in [0.2, 0.25) is 0 Å². The molecule has 0 heterocycles. The minimum atomic E-state index is -5.10. The minimum Gasteiger partial charge on any atom is -0.463 e. The number of hydrogen-bond donors (Lipinski definition) is 3. The Labute approximate surface area is 110 Å². The Morgan fingerprint density at radius 1 is 1.37 bits per heavy atom. The standard InChI is InChI=1S/C8H16O9P2/c1-3-8(9)15-5-4-7(2)6-16-19(13,14)17-18(10,11)12/h3,7H,1,4-6H2,2H3,(H,13,14)(H2,10,11,12). The van der Waals surface area contributed by atoms with Crippen LogP contribution in [0.3, 0.4) is 0 Å². The topological polar surface area (TPSA) is 140 Å². The van der Waals surface area contributed by atoms with Crippen LogP contribution in [0.4, 0.5) is 0 Å². The summed E-state index contributed by atoms with van der Waals surface area (Å²) in [7, 11) is -9.92. The molecule has 0 saturated carbocycles. The van der Waals surface area contributed by atoms with Crippen molar-refractivity contribution in [3.63, 3.8) is 0 Å². The molecular formula is C8H16O9P2. The fourth-order valence-electron chi connectivity index (χ4n) is 0.882. The largest absolute Gasteiger partial charge is 0.481 e. The maximum Gasteiger partial charge on any atom is 0.481 e. The van der Waals surface area contributed by atoms with Crippen LogP contribution in [0.25, 0.3) is 0 Å². The van der Waals surface area contributed by atoms with Crippen molar-refractivity contribution in [1.29, 1.82) is 0 Å². The number of ether oxygens (including phenoxy) is 1. The monoisotopic (exact) mass is 318 g/mol. The van der Waals surface area contributed by atoms with Crippen molar-refractivity contribution in [3.8, 4) is 0 Å². The molecule has 0 spiro atoms. The smallest absolute Gasteiger partial charge is 0.463 e. The number of esters is 1. The Hall–Kier alpha value is -0.530. The van der Waals surface area contributed by atoms with Gasteiger partial charge in [-0.25, -0.2) is 13.9 Å². The first-order valence-electron chi connectivity index (χ1n) is 5.09. The van der Waals surface area contributed by atoms with Gasteiger partial charge in [-0.15, -0.1) is 0 Å². The van der Waals surface area contributed by atoms with E-state index in [0.717, 1.165) is 6.08 Å². The molecule has 112 valence electrons. The van der Waals surface area contributed by atoms with Crippen molar-refractivity contribution in [2.45, 2.75) is 13.3 Å². The van der Waals surface area contributed by atoms with Crippen LogP contribution in [-0.2, 0) is 27.5 Å². The first-order chi connectivity index (χ1) is 8.56. The van der Waals surface area contributed by atoms with Gasteiger partial charge in [-0.1, -0.05) is 13.5 Å². The summed E-state index contributed by atoms with van der Waals surface area (Å²) >= 11 is 0. The lowest BCUT2D eigenvalue weighted by atomic mass is 10.1. The molecule has 3 N–H and O–H groups in total. The Morgan fingerprint density at radius 2 is 1.95 bits per heavy atom. The van der Waals surface area contributed by atoms with E-state index in [9.17, 15) is 13.9 Å². The molecule has 0 amide bonds. The zero-order chi connectivity index (χ0) is 15.1. The average molecular weight is 318 g/mol.